The molecule has 1 aliphatic heterocycles. The third-order valence-corrected chi connectivity index (χ3v) is 3.89. The Bertz CT molecular complexity index is 543. The van der Waals surface area contributed by atoms with Crippen LogP contribution in [0.4, 0.5) is 0 Å². The van der Waals surface area contributed by atoms with Gasteiger partial charge in [-0.15, -0.1) is 11.6 Å². The molecule has 114 valence electrons. The number of halogens is 2. The zero-order chi connectivity index (χ0) is 15.4. The highest BCUT2D eigenvalue weighted by atomic mass is 35.5. The fourth-order valence-corrected chi connectivity index (χ4v) is 2.60. The first kappa shape index (κ1) is 15.9. The summed E-state index contributed by atoms with van der Waals surface area (Å²) in [5, 5.41) is 0.482. The fraction of sp³-hybridized carbons (Fsp3) is 0.429. The van der Waals surface area contributed by atoms with Crippen LogP contribution >= 0.6 is 23.2 Å². The van der Waals surface area contributed by atoms with Gasteiger partial charge < -0.3 is 14.5 Å². The highest BCUT2D eigenvalue weighted by Crippen LogP contribution is 2.24. The molecule has 1 aromatic rings. The first-order valence-corrected chi connectivity index (χ1v) is 7.44. The molecule has 0 spiro atoms. The van der Waals surface area contributed by atoms with E-state index in [0.717, 1.165) is 0 Å². The SMILES string of the molecule is COc1ccc(Cl)cc1C(=O)N1CCN(C(=O)CCl)CC1. The largest absolute Gasteiger partial charge is 0.496 e. The molecule has 0 radical (unpaired) electrons. The molecule has 0 aromatic heterocycles. The van der Waals surface area contributed by atoms with Crippen LogP contribution in [-0.2, 0) is 4.79 Å². The van der Waals surface area contributed by atoms with Gasteiger partial charge in [0.15, 0.2) is 0 Å². The highest BCUT2D eigenvalue weighted by molar-refractivity contribution is 6.31. The number of hydrogen-bond donors (Lipinski definition) is 0. The van der Waals surface area contributed by atoms with Crippen molar-refractivity contribution in [3.63, 3.8) is 0 Å². The Labute approximate surface area is 133 Å². The van der Waals surface area contributed by atoms with E-state index in [2.05, 4.69) is 0 Å². The van der Waals surface area contributed by atoms with E-state index >= 15 is 0 Å². The van der Waals surface area contributed by atoms with Gasteiger partial charge in [0.25, 0.3) is 5.91 Å². The Morgan fingerprint density at radius 1 is 1.19 bits per heavy atom. The third kappa shape index (κ3) is 3.60. The average molecular weight is 331 g/mol. The summed E-state index contributed by atoms with van der Waals surface area (Å²) in [4.78, 5) is 27.4. The van der Waals surface area contributed by atoms with Gasteiger partial charge in [-0.2, -0.15) is 0 Å². The predicted molar refractivity (Wildman–Crippen MR) is 81.2 cm³/mol. The number of piperazine rings is 1. The number of methoxy groups -OCH3 is 1. The van der Waals surface area contributed by atoms with Crippen molar-refractivity contribution in [2.75, 3.05) is 39.2 Å². The van der Waals surface area contributed by atoms with Crippen LogP contribution in [0, 0.1) is 0 Å². The molecule has 2 amide bonds. The standard InChI is InChI=1S/C14H16Cl2N2O3/c1-21-12-3-2-10(16)8-11(12)14(20)18-6-4-17(5-7-18)13(19)9-15/h2-3,8H,4-7,9H2,1H3. The molecule has 21 heavy (non-hydrogen) atoms. The monoisotopic (exact) mass is 330 g/mol. The van der Waals surface area contributed by atoms with Gasteiger partial charge in [0.2, 0.25) is 5.91 Å². The van der Waals surface area contributed by atoms with Crippen molar-refractivity contribution in [1.82, 2.24) is 9.80 Å². The maximum atomic E-state index is 12.5. The quantitative estimate of drug-likeness (QED) is 0.795. The first-order valence-electron chi connectivity index (χ1n) is 6.53. The zero-order valence-electron chi connectivity index (χ0n) is 11.6. The van der Waals surface area contributed by atoms with Crippen LogP contribution in [0.25, 0.3) is 0 Å². The summed E-state index contributed by atoms with van der Waals surface area (Å²) in [6.45, 7) is 1.91. The van der Waals surface area contributed by atoms with Gasteiger partial charge in [-0.05, 0) is 18.2 Å². The minimum Gasteiger partial charge on any atom is -0.496 e. The molecule has 1 aromatic carbocycles. The topological polar surface area (TPSA) is 49.9 Å². The van der Waals surface area contributed by atoms with Crippen LogP contribution in [0.5, 0.6) is 5.75 Å². The van der Waals surface area contributed by atoms with Crippen molar-refractivity contribution in [2.24, 2.45) is 0 Å². The maximum absolute atomic E-state index is 12.5. The van der Waals surface area contributed by atoms with Crippen molar-refractivity contribution in [3.05, 3.63) is 28.8 Å². The normalized spacial score (nSPS) is 15.0. The second kappa shape index (κ2) is 7.00. The number of alkyl halides is 1. The molecule has 0 atom stereocenters. The smallest absolute Gasteiger partial charge is 0.257 e. The van der Waals surface area contributed by atoms with Crippen molar-refractivity contribution in [1.29, 1.82) is 0 Å². The fourth-order valence-electron chi connectivity index (χ4n) is 2.26. The van der Waals surface area contributed by atoms with E-state index in [9.17, 15) is 9.59 Å². The lowest BCUT2D eigenvalue weighted by Crippen LogP contribution is -2.51. The number of nitrogens with zero attached hydrogens (tertiary/aromatic N) is 2. The summed E-state index contributed by atoms with van der Waals surface area (Å²) >= 11 is 11.5. The number of rotatable bonds is 3. The van der Waals surface area contributed by atoms with Gasteiger partial charge in [0.05, 0.1) is 12.7 Å². The lowest BCUT2D eigenvalue weighted by atomic mass is 10.1. The molecule has 5 nitrogen and oxygen atoms in total. The van der Waals surface area contributed by atoms with Crippen LogP contribution in [-0.4, -0.2) is 60.8 Å². The summed E-state index contributed by atoms with van der Waals surface area (Å²) in [6.07, 6.45) is 0. The van der Waals surface area contributed by atoms with Gasteiger partial charge in [0.1, 0.15) is 11.6 Å². The van der Waals surface area contributed by atoms with Crippen LogP contribution in [0.2, 0.25) is 5.02 Å². The minimum atomic E-state index is -0.146. The van der Waals surface area contributed by atoms with E-state index in [0.29, 0.717) is 42.5 Å². The van der Waals surface area contributed by atoms with Crippen LogP contribution in [0.1, 0.15) is 10.4 Å². The third-order valence-electron chi connectivity index (χ3n) is 3.43. The molecular weight excluding hydrogens is 315 g/mol. The molecule has 0 N–H and O–H groups in total. The zero-order valence-corrected chi connectivity index (χ0v) is 13.2. The molecule has 0 bridgehead atoms. The van der Waals surface area contributed by atoms with Gasteiger partial charge in [-0.1, -0.05) is 11.6 Å². The second-order valence-electron chi connectivity index (χ2n) is 4.65. The van der Waals surface area contributed by atoms with Crippen LogP contribution in [0.3, 0.4) is 0 Å². The predicted octanol–water partition coefficient (Wildman–Crippen LogP) is 1.87. The van der Waals surface area contributed by atoms with Crippen LogP contribution < -0.4 is 4.74 Å². The van der Waals surface area contributed by atoms with Crippen molar-refractivity contribution in [3.8, 4) is 5.75 Å². The molecular formula is C14H16Cl2N2O3. The molecule has 2 rings (SSSR count). The summed E-state index contributed by atoms with van der Waals surface area (Å²) in [6, 6.07) is 4.94. The van der Waals surface area contributed by atoms with Crippen molar-refractivity contribution >= 4 is 35.0 Å². The van der Waals surface area contributed by atoms with Crippen molar-refractivity contribution in [2.45, 2.75) is 0 Å². The molecule has 0 aliphatic carbocycles. The molecule has 1 aliphatic rings. The first-order chi connectivity index (χ1) is 10.1. The average Bonchev–Trinajstić information content (AvgIpc) is 2.53. The number of carbonyl (C=O) groups is 2. The maximum Gasteiger partial charge on any atom is 0.257 e. The second-order valence-corrected chi connectivity index (χ2v) is 5.35. The summed E-state index contributed by atoms with van der Waals surface area (Å²) < 4.78 is 5.20. The number of ether oxygens (including phenoxy) is 1. The van der Waals surface area contributed by atoms with E-state index in [1.54, 1.807) is 28.0 Å². The van der Waals surface area contributed by atoms with E-state index in [-0.39, 0.29) is 17.7 Å². The minimum absolute atomic E-state index is 0.0317. The van der Waals surface area contributed by atoms with Gasteiger partial charge in [-0.25, -0.2) is 0 Å². The lowest BCUT2D eigenvalue weighted by molar-refractivity contribution is -0.129. The number of carbonyl (C=O) groups excluding carboxylic acids is 2. The summed E-state index contributed by atoms with van der Waals surface area (Å²) in [5.41, 5.74) is 0.433. The number of hydrogen-bond acceptors (Lipinski definition) is 3. The van der Waals surface area contributed by atoms with Gasteiger partial charge >= 0.3 is 0 Å². The molecule has 1 saturated heterocycles. The number of amides is 2. The van der Waals surface area contributed by atoms with Gasteiger partial charge in [0, 0.05) is 31.2 Å². The van der Waals surface area contributed by atoms with Gasteiger partial charge in [-0.3, -0.25) is 9.59 Å². The Kier molecular flexibility index (Phi) is 5.31. The Hall–Kier alpha value is -1.46. The number of benzene rings is 1. The molecule has 1 heterocycles. The summed E-state index contributed by atoms with van der Waals surface area (Å²) in [7, 11) is 1.51. The van der Waals surface area contributed by atoms with Crippen LogP contribution in [0.15, 0.2) is 18.2 Å². The highest BCUT2D eigenvalue weighted by Gasteiger charge is 2.26. The van der Waals surface area contributed by atoms with E-state index < -0.39 is 0 Å². The Morgan fingerprint density at radius 2 is 1.81 bits per heavy atom. The molecule has 0 unspecified atom stereocenters. The van der Waals surface area contributed by atoms with Crippen molar-refractivity contribution < 1.29 is 14.3 Å². The Balaban J connectivity index is 2.09. The van der Waals surface area contributed by atoms with E-state index in [4.69, 9.17) is 27.9 Å². The molecule has 7 heteroatoms. The summed E-state index contributed by atoms with van der Waals surface area (Å²) in [5.74, 6) is 0.205. The van der Waals surface area contributed by atoms with E-state index in [1.807, 2.05) is 0 Å². The Morgan fingerprint density at radius 3 is 2.38 bits per heavy atom. The van der Waals surface area contributed by atoms with E-state index in [1.165, 1.54) is 7.11 Å². The lowest BCUT2D eigenvalue weighted by Gasteiger charge is -2.34. The molecule has 1 fully saturated rings. The molecule has 0 saturated carbocycles.